The molecule has 1 atom stereocenters. The standard InChI is InChI=1S/C6H6N2O6/c9-1(6(13)14)3-7-4(11)2(10)5(12)8-3/h1,9-10H,(H,13,14)(H2,7,8,11,12). The number of aromatic hydroxyl groups is 2. The summed E-state index contributed by atoms with van der Waals surface area (Å²) in [6.45, 7) is 0. The summed E-state index contributed by atoms with van der Waals surface area (Å²) in [6, 6.07) is 0. The average molecular weight is 202 g/mol. The fourth-order valence-electron chi connectivity index (χ4n) is 0.719. The predicted octanol–water partition coefficient (Wildman–Crippen LogP) is -1.70. The van der Waals surface area contributed by atoms with E-state index >= 15 is 0 Å². The molecular weight excluding hydrogens is 196 g/mol. The Hall–Kier alpha value is -2.09. The van der Waals surface area contributed by atoms with Gasteiger partial charge in [-0.2, -0.15) is 4.98 Å². The van der Waals surface area contributed by atoms with E-state index in [1.807, 2.05) is 0 Å². The third kappa shape index (κ3) is 1.64. The van der Waals surface area contributed by atoms with E-state index in [2.05, 4.69) is 4.98 Å². The van der Waals surface area contributed by atoms with Gasteiger partial charge in [-0.3, -0.25) is 4.79 Å². The zero-order valence-electron chi connectivity index (χ0n) is 6.63. The Labute approximate surface area is 76.1 Å². The Morgan fingerprint density at radius 1 is 1.43 bits per heavy atom. The maximum absolute atomic E-state index is 10.8. The van der Waals surface area contributed by atoms with Crippen LogP contribution in [-0.2, 0) is 4.79 Å². The van der Waals surface area contributed by atoms with Gasteiger partial charge >= 0.3 is 5.97 Å². The van der Waals surface area contributed by atoms with Crippen LogP contribution in [0.15, 0.2) is 4.79 Å². The van der Waals surface area contributed by atoms with Crippen LogP contribution < -0.4 is 5.56 Å². The van der Waals surface area contributed by atoms with E-state index in [1.54, 1.807) is 4.98 Å². The first-order chi connectivity index (χ1) is 6.43. The normalized spacial score (nSPS) is 12.4. The van der Waals surface area contributed by atoms with E-state index in [-0.39, 0.29) is 0 Å². The van der Waals surface area contributed by atoms with Crippen LogP contribution in [0.25, 0.3) is 0 Å². The molecule has 0 radical (unpaired) electrons. The summed E-state index contributed by atoms with van der Waals surface area (Å²) < 4.78 is 0. The van der Waals surface area contributed by atoms with Crippen molar-refractivity contribution in [3.05, 3.63) is 16.2 Å². The molecule has 0 saturated carbocycles. The summed E-state index contributed by atoms with van der Waals surface area (Å²) in [7, 11) is 0. The zero-order chi connectivity index (χ0) is 10.9. The van der Waals surface area contributed by atoms with Gasteiger partial charge in [0, 0.05) is 0 Å². The molecule has 0 spiro atoms. The van der Waals surface area contributed by atoms with E-state index < -0.39 is 35.1 Å². The van der Waals surface area contributed by atoms with Crippen molar-refractivity contribution >= 4 is 5.97 Å². The Bertz CT molecular complexity index is 425. The SMILES string of the molecule is O=C(O)C(O)c1nc(O)c(O)c(=O)[nH]1. The molecule has 0 aliphatic carbocycles. The summed E-state index contributed by atoms with van der Waals surface area (Å²) in [5.41, 5.74) is -1.13. The molecule has 1 rings (SSSR count). The number of nitrogens with zero attached hydrogens (tertiary/aromatic N) is 1. The smallest absolute Gasteiger partial charge is 0.340 e. The number of aliphatic carboxylic acids is 1. The van der Waals surface area contributed by atoms with E-state index in [4.69, 9.17) is 20.4 Å². The molecule has 8 heteroatoms. The van der Waals surface area contributed by atoms with Crippen LogP contribution in [0.1, 0.15) is 11.9 Å². The highest BCUT2D eigenvalue weighted by atomic mass is 16.4. The highest BCUT2D eigenvalue weighted by Gasteiger charge is 2.21. The average Bonchev–Trinajstić information content (AvgIpc) is 2.12. The minimum atomic E-state index is -2.06. The van der Waals surface area contributed by atoms with E-state index in [0.717, 1.165) is 0 Å². The molecule has 5 N–H and O–H groups in total. The molecule has 76 valence electrons. The van der Waals surface area contributed by atoms with E-state index in [9.17, 15) is 9.59 Å². The molecule has 1 aromatic rings. The van der Waals surface area contributed by atoms with Crippen LogP contribution in [0.2, 0.25) is 0 Å². The topological polar surface area (TPSA) is 144 Å². The van der Waals surface area contributed by atoms with Crippen molar-refractivity contribution in [2.75, 3.05) is 0 Å². The predicted molar refractivity (Wildman–Crippen MR) is 40.8 cm³/mol. The van der Waals surface area contributed by atoms with Crippen molar-refractivity contribution < 1.29 is 25.2 Å². The molecule has 14 heavy (non-hydrogen) atoms. The maximum Gasteiger partial charge on any atom is 0.340 e. The van der Waals surface area contributed by atoms with Gasteiger partial charge in [0.2, 0.25) is 11.9 Å². The number of H-pyrrole nitrogens is 1. The third-order valence-electron chi connectivity index (χ3n) is 1.39. The Morgan fingerprint density at radius 3 is 2.43 bits per heavy atom. The van der Waals surface area contributed by atoms with Gasteiger partial charge in [0.05, 0.1) is 0 Å². The lowest BCUT2D eigenvalue weighted by Crippen LogP contribution is -2.19. The molecule has 0 aliphatic heterocycles. The van der Waals surface area contributed by atoms with Crippen molar-refractivity contribution in [2.45, 2.75) is 6.10 Å². The number of nitrogens with one attached hydrogen (secondary N) is 1. The zero-order valence-corrected chi connectivity index (χ0v) is 6.63. The van der Waals surface area contributed by atoms with Gasteiger partial charge < -0.3 is 25.4 Å². The number of aromatic amines is 1. The number of carbonyl (C=O) groups is 1. The number of hydrogen-bond acceptors (Lipinski definition) is 6. The van der Waals surface area contributed by atoms with Crippen molar-refractivity contribution in [2.24, 2.45) is 0 Å². The van der Waals surface area contributed by atoms with Gasteiger partial charge in [0.1, 0.15) is 0 Å². The van der Waals surface area contributed by atoms with Gasteiger partial charge in [-0.1, -0.05) is 0 Å². The van der Waals surface area contributed by atoms with Crippen molar-refractivity contribution in [3.8, 4) is 11.6 Å². The highest BCUT2D eigenvalue weighted by Crippen LogP contribution is 2.17. The molecule has 0 amide bonds. The van der Waals surface area contributed by atoms with Gasteiger partial charge in [0.25, 0.3) is 11.4 Å². The molecule has 0 saturated heterocycles. The van der Waals surface area contributed by atoms with Crippen molar-refractivity contribution in [1.82, 2.24) is 9.97 Å². The molecular formula is C6H6N2O6. The lowest BCUT2D eigenvalue weighted by molar-refractivity contribution is -0.147. The second kappa shape index (κ2) is 3.34. The van der Waals surface area contributed by atoms with Crippen LogP contribution >= 0.6 is 0 Å². The summed E-state index contributed by atoms with van der Waals surface area (Å²) in [4.78, 5) is 25.9. The molecule has 1 unspecified atom stereocenters. The Morgan fingerprint density at radius 2 is 2.00 bits per heavy atom. The van der Waals surface area contributed by atoms with Gasteiger partial charge in [0.15, 0.2) is 5.82 Å². The number of aromatic nitrogens is 2. The van der Waals surface area contributed by atoms with Gasteiger partial charge in [-0.15, -0.1) is 0 Å². The summed E-state index contributed by atoms with van der Waals surface area (Å²) in [6.07, 6.45) is -2.06. The van der Waals surface area contributed by atoms with Gasteiger partial charge in [-0.05, 0) is 0 Å². The molecule has 8 nitrogen and oxygen atoms in total. The van der Waals surface area contributed by atoms with E-state index in [1.165, 1.54) is 0 Å². The monoisotopic (exact) mass is 202 g/mol. The van der Waals surface area contributed by atoms with E-state index in [0.29, 0.717) is 0 Å². The molecule has 0 bridgehead atoms. The van der Waals surface area contributed by atoms with Crippen LogP contribution in [0.5, 0.6) is 11.6 Å². The maximum atomic E-state index is 10.8. The third-order valence-corrected chi connectivity index (χ3v) is 1.39. The second-order valence-electron chi connectivity index (χ2n) is 2.36. The molecule has 0 aromatic carbocycles. The molecule has 1 heterocycles. The number of carboxylic acid groups (broad SMARTS) is 1. The summed E-state index contributed by atoms with van der Waals surface area (Å²) >= 11 is 0. The fraction of sp³-hybridized carbons (Fsp3) is 0.167. The van der Waals surface area contributed by atoms with Gasteiger partial charge in [-0.25, -0.2) is 4.79 Å². The number of aliphatic hydroxyl groups excluding tert-OH is 1. The summed E-state index contributed by atoms with van der Waals surface area (Å²) in [5.74, 6) is -4.37. The summed E-state index contributed by atoms with van der Waals surface area (Å²) in [5, 5.41) is 34.8. The lowest BCUT2D eigenvalue weighted by atomic mass is 10.3. The first kappa shape index (κ1) is 9.99. The lowest BCUT2D eigenvalue weighted by Gasteiger charge is -2.04. The van der Waals surface area contributed by atoms with Crippen LogP contribution in [0, 0.1) is 0 Å². The van der Waals surface area contributed by atoms with Crippen LogP contribution in [0.4, 0.5) is 0 Å². The quantitative estimate of drug-likeness (QED) is 0.384. The largest absolute Gasteiger partial charge is 0.499 e. The minimum Gasteiger partial charge on any atom is -0.499 e. The number of carboxylic acids is 1. The Balaban J connectivity index is 3.26. The highest BCUT2D eigenvalue weighted by molar-refractivity contribution is 5.72. The first-order valence-electron chi connectivity index (χ1n) is 3.36. The molecule has 0 aliphatic rings. The minimum absolute atomic E-state index is 0.655. The Kier molecular flexibility index (Phi) is 2.38. The fourth-order valence-corrected chi connectivity index (χ4v) is 0.719. The number of hydrogen-bond donors (Lipinski definition) is 5. The van der Waals surface area contributed by atoms with Crippen molar-refractivity contribution in [1.29, 1.82) is 0 Å². The second-order valence-corrected chi connectivity index (χ2v) is 2.36. The van der Waals surface area contributed by atoms with Crippen LogP contribution in [0.3, 0.4) is 0 Å². The first-order valence-corrected chi connectivity index (χ1v) is 3.36. The number of aliphatic hydroxyl groups is 1. The number of rotatable bonds is 2. The molecule has 0 fully saturated rings. The molecule has 1 aromatic heterocycles. The van der Waals surface area contributed by atoms with Crippen molar-refractivity contribution in [3.63, 3.8) is 0 Å². The van der Waals surface area contributed by atoms with Crippen LogP contribution in [-0.4, -0.2) is 36.4 Å².